The summed E-state index contributed by atoms with van der Waals surface area (Å²) in [5.74, 6) is 0.367. The normalized spacial score (nSPS) is 23.9. The van der Waals surface area contributed by atoms with Crippen molar-refractivity contribution in [2.75, 3.05) is 20.1 Å². The van der Waals surface area contributed by atoms with Gasteiger partial charge in [-0.2, -0.15) is 0 Å². The molecule has 1 aliphatic heterocycles. The van der Waals surface area contributed by atoms with Crippen molar-refractivity contribution in [3.05, 3.63) is 35.9 Å². The first-order valence-electron chi connectivity index (χ1n) is 8.28. The molecular weight excluding hydrogens is 296 g/mol. The Morgan fingerprint density at radius 1 is 1.18 bits per heavy atom. The van der Waals surface area contributed by atoms with E-state index in [1.165, 1.54) is 24.8 Å². The molecule has 3 nitrogen and oxygen atoms in total. The van der Waals surface area contributed by atoms with Crippen LogP contribution in [-0.4, -0.2) is 37.0 Å². The zero-order valence-corrected chi connectivity index (χ0v) is 14.2. The highest BCUT2D eigenvalue weighted by Gasteiger charge is 2.45. The van der Waals surface area contributed by atoms with Crippen molar-refractivity contribution in [1.29, 1.82) is 0 Å². The summed E-state index contributed by atoms with van der Waals surface area (Å²) in [5, 5.41) is 3.34. The molecule has 4 heteroatoms. The minimum absolute atomic E-state index is 0. The van der Waals surface area contributed by atoms with Crippen LogP contribution in [0, 0.1) is 0 Å². The van der Waals surface area contributed by atoms with Crippen LogP contribution in [0.1, 0.15) is 44.1 Å². The van der Waals surface area contributed by atoms with Crippen molar-refractivity contribution in [3.8, 4) is 0 Å². The first-order chi connectivity index (χ1) is 10.3. The van der Waals surface area contributed by atoms with Gasteiger partial charge in [0.25, 0.3) is 0 Å². The summed E-state index contributed by atoms with van der Waals surface area (Å²) in [6.45, 7) is 1.79. The number of nitrogens with one attached hydrogen (secondary N) is 1. The number of halogens is 1. The monoisotopic (exact) mass is 322 g/mol. The molecule has 1 aliphatic carbocycles. The second-order valence-corrected chi connectivity index (χ2v) is 6.53. The molecule has 3 rings (SSSR count). The first kappa shape index (κ1) is 17.3. The number of carbonyl (C=O) groups is 1. The van der Waals surface area contributed by atoms with Gasteiger partial charge in [-0.05, 0) is 38.3 Å². The standard InChI is InChI=1S/C18H26N2O.ClH/c1-19-16-10-7-13-20(14-16)17(21)18(11-5-6-12-18)15-8-3-2-4-9-15;/h2-4,8-9,16,19H,5-7,10-14H2,1H3;1H. The van der Waals surface area contributed by atoms with Crippen LogP contribution < -0.4 is 5.32 Å². The highest BCUT2D eigenvalue weighted by molar-refractivity contribution is 5.88. The molecule has 0 radical (unpaired) electrons. The number of likely N-dealkylation sites (N-methyl/N-ethyl adjacent to an activating group) is 1. The van der Waals surface area contributed by atoms with Crippen molar-refractivity contribution < 1.29 is 4.79 Å². The molecule has 1 aromatic carbocycles. The van der Waals surface area contributed by atoms with Gasteiger partial charge in [0.1, 0.15) is 0 Å². The zero-order chi connectivity index (χ0) is 14.7. The fraction of sp³-hybridized carbons (Fsp3) is 0.611. The van der Waals surface area contributed by atoms with Gasteiger partial charge in [0.2, 0.25) is 5.91 Å². The Morgan fingerprint density at radius 2 is 1.86 bits per heavy atom. The molecule has 1 aromatic rings. The molecule has 1 saturated heterocycles. The van der Waals surface area contributed by atoms with E-state index in [4.69, 9.17) is 0 Å². The van der Waals surface area contributed by atoms with E-state index in [9.17, 15) is 4.79 Å². The lowest BCUT2D eigenvalue weighted by Gasteiger charge is -2.39. The van der Waals surface area contributed by atoms with Gasteiger partial charge in [-0.1, -0.05) is 43.2 Å². The number of piperidine rings is 1. The van der Waals surface area contributed by atoms with Gasteiger partial charge in [0.05, 0.1) is 5.41 Å². The molecule has 1 heterocycles. The third-order valence-corrected chi connectivity index (χ3v) is 5.31. The maximum Gasteiger partial charge on any atom is 0.233 e. The van der Waals surface area contributed by atoms with E-state index in [0.29, 0.717) is 11.9 Å². The summed E-state index contributed by atoms with van der Waals surface area (Å²) in [4.78, 5) is 15.4. The molecule has 0 aromatic heterocycles. The number of benzene rings is 1. The number of amides is 1. The first-order valence-corrected chi connectivity index (χ1v) is 8.28. The van der Waals surface area contributed by atoms with Crippen LogP contribution in [0.4, 0.5) is 0 Å². The van der Waals surface area contributed by atoms with Gasteiger partial charge >= 0.3 is 0 Å². The fourth-order valence-electron chi connectivity index (χ4n) is 4.06. The summed E-state index contributed by atoms with van der Waals surface area (Å²) in [6, 6.07) is 10.9. The Labute approximate surface area is 139 Å². The molecule has 22 heavy (non-hydrogen) atoms. The number of hydrogen-bond acceptors (Lipinski definition) is 2. The molecule has 1 saturated carbocycles. The number of hydrogen-bond donors (Lipinski definition) is 1. The number of carbonyl (C=O) groups excluding carboxylic acids is 1. The van der Waals surface area contributed by atoms with E-state index >= 15 is 0 Å². The molecule has 0 spiro atoms. The molecule has 2 aliphatic rings. The van der Waals surface area contributed by atoms with Gasteiger partial charge in [-0.15, -0.1) is 12.4 Å². The molecule has 122 valence electrons. The molecular formula is C18H27ClN2O. The van der Waals surface area contributed by atoms with Gasteiger partial charge in [0, 0.05) is 19.1 Å². The van der Waals surface area contributed by atoms with E-state index in [2.05, 4.69) is 34.5 Å². The predicted molar refractivity (Wildman–Crippen MR) is 92.5 cm³/mol. The Bertz CT molecular complexity index is 485. The second kappa shape index (κ2) is 7.47. The van der Waals surface area contributed by atoms with Crippen LogP contribution in [0.2, 0.25) is 0 Å². The highest BCUT2D eigenvalue weighted by atomic mass is 35.5. The summed E-state index contributed by atoms with van der Waals surface area (Å²) in [7, 11) is 2.00. The second-order valence-electron chi connectivity index (χ2n) is 6.53. The lowest BCUT2D eigenvalue weighted by Crippen LogP contribution is -2.52. The largest absolute Gasteiger partial charge is 0.340 e. The van der Waals surface area contributed by atoms with Crippen LogP contribution in [0.15, 0.2) is 30.3 Å². The Balaban J connectivity index is 0.00000176. The summed E-state index contributed by atoms with van der Waals surface area (Å²) in [6.07, 6.45) is 6.65. The molecule has 0 bridgehead atoms. The van der Waals surface area contributed by atoms with Crippen molar-refractivity contribution in [3.63, 3.8) is 0 Å². The number of nitrogens with zero attached hydrogens (tertiary/aromatic N) is 1. The highest BCUT2D eigenvalue weighted by Crippen LogP contribution is 2.42. The maximum atomic E-state index is 13.3. The van der Waals surface area contributed by atoms with Gasteiger partial charge in [0.15, 0.2) is 0 Å². The van der Waals surface area contributed by atoms with E-state index in [-0.39, 0.29) is 17.8 Å². The van der Waals surface area contributed by atoms with Crippen LogP contribution in [0.25, 0.3) is 0 Å². The van der Waals surface area contributed by atoms with Crippen molar-refractivity contribution >= 4 is 18.3 Å². The zero-order valence-electron chi connectivity index (χ0n) is 13.4. The van der Waals surface area contributed by atoms with Crippen molar-refractivity contribution in [2.45, 2.75) is 50.0 Å². The predicted octanol–water partition coefficient (Wildman–Crippen LogP) is 3.13. The van der Waals surface area contributed by atoms with E-state index < -0.39 is 0 Å². The summed E-state index contributed by atoms with van der Waals surface area (Å²) < 4.78 is 0. The maximum absolute atomic E-state index is 13.3. The fourth-order valence-corrected chi connectivity index (χ4v) is 4.06. The van der Waals surface area contributed by atoms with E-state index in [0.717, 1.165) is 32.4 Å². The van der Waals surface area contributed by atoms with Gasteiger partial charge in [-0.3, -0.25) is 4.79 Å². The number of rotatable bonds is 3. The average molecular weight is 323 g/mol. The Hall–Kier alpha value is -1.06. The molecule has 2 fully saturated rings. The average Bonchev–Trinajstić information content (AvgIpc) is 3.06. The Kier molecular flexibility index (Phi) is 5.87. The molecule has 1 atom stereocenters. The molecule has 1 N–H and O–H groups in total. The topological polar surface area (TPSA) is 32.3 Å². The minimum Gasteiger partial charge on any atom is -0.340 e. The van der Waals surface area contributed by atoms with Gasteiger partial charge < -0.3 is 10.2 Å². The third kappa shape index (κ3) is 3.16. The summed E-state index contributed by atoms with van der Waals surface area (Å²) in [5.41, 5.74) is 0.968. The third-order valence-electron chi connectivity index (χ3n) is 5.31. The minimum atomic E-state index is -0.253. The van der Waals surface area contributed by atoms with Crippen molar-refractivity contribution in [1.82, 2.24) is 10.2 Å². The van der Waals surface area contributed by atoms with E-state index in [1.54, 1.807) is 0 Å². The van der Waals surface area contributed by atoms with Gasteiger partial charge in [-0.25, -0.2) is 0 Å². The van der Waals surface area contributed by atoms with Crippen LogP contribution >= 0.6 is 12.4 Å². The van der Waals surface area contributed by atoms with Crippen LogP contribution in [-0.2, 0) is 10.2 Å². The Morgan fingerprint density at radius 3 is 2.50 bits per heavy atom. The van der Waals surface area contributed by atoms with E-state index in [1.807, 2.05) is 13.1 Å². The lowest BCUT2D eigenvalue weighted by molar-refractivity contribution is -0.138. The smallest absolute Gasteiger partial charge is 0.233 e. The van der Waals surface area contributed by atoms with Crippen LogP contribution in [0.3, 0.4) is 0 Å². The SMILES string of the molecule is CNC1CCCN(C(=O)C2(c3ccccc3)CCCC2)C1.Cl. The molecule has 1 unspecified atom stereocenters. The summed E-state index contributed by atoms with van der Waals surface area (Å²) >= 11 is 0. The quantitative estimate of drug-likeness (QED) is 0.927. The molecule has 1 amide bonds. The number of likely N-dealkylation sites (tertiary alicyclic amines) is 1. The lowest BCUT2D eigenvalue weighted by atomic mass is 9.77. The van der Waals surface area contributed by atoms with Crippen LogP contribution in [0.5, 0.6) is 0 Å². The van der Waals surface area contributed by atoms with Crippen molar-refractivity contribution in [2.24, 2.45) is 0 Å².